The quantitative estimate of drug-likeness (QED) is 0.432. The Kier molecular flexibility index (Phi) is 13.5. The van der Waals surface area contributed by atoms with Crippen molar-refractivity contribution in [3.63, 3.8) is 0 Å². The first-order valence-corrected chi connectivity index (χ1v) is 5.10. The Labute approximate surface area is 124 Å². The van der Waals surface area contributed by atoms with Crippen molar-refractivity contribution in [2.75, 3.05) is 34.0 Å². The Morgan fingerprint density at radius 3 is 2.18 bits per heavy atom. The molecule has 0 aliphatic heterocycles. The summed E-state index contributed by atoms with van der Waals surface area (Å²) in [6.45, 7) is 3.89. The largest absolute Gasteiger partial charge is 0.459 e. The zero-order chi connectivity index (χ0) is 12.1. The van der Waals surface area contributed by atoms with Crippen molar-refractivity contribution in [1.29, 1.82) is 0 Å². The molecule has 0 spiro atoms. The SMILES string of the molecule is Br.Br.CC(C)[C@H](N)C(=O)OCC[N+](C)(C)CF. The Balaban J connectivity index is -0.000000980. The van der Waals surface area contributed by atoms with Gasteiger partial charge in [-0.1, -0.05) is 13.8 Å². The van der Waals surface area contributed by atoms with Crippen molar-refractivity contribution in [3.05, 3.63) is 0 Å². The molecule has 0 unspecified atom stereocenters. The van der Waals surface area contributed by atoms with E-state index < -0.39 is 18.8 Å². The molecule has 7 heteroatoms. The van der Waals surface area contributed by atoms with Gasteiger partial charge in [-0.2, -0.15) is 4.39 Å². The fourth-order valence-corrected chi connectivity index (χ4v) is 0.822. The van der Waals surface area contributed by atoms with Gasteiger partial charge in [-0.05, 0) is 5.92 Å². The van der Waals surface area contributed by atoms with Crippen molar-refractivity contribution >= 4 is 39.9 Å². The zero-order valence-electron chi connectivity index (χ0n) is 10.8. The second kappa shape index (κ2) is 10.2. The molecule has 0 heterocycles. The number of esters is 1. The molecule has 1 atom stereocenters. The summed E-state index contributed by atoms with van der Waals surface area (Å²) in [5.74, 6) is -0.356. The number of likely N-dealkylation sites (N-methyl/N-ethyl adjacent to an activating group) is 1. The Morgan fingerprint density at radius 2 is 1.82 bits per heavy atom. The highest BCUT2D eigenvalue weighted by molar-refractivity contribution is 8.93. The third kappa shape index (κ3) is 9.93. The van der Waals surface area contributed by atoms with E-state index in [2.05, 4.69) is 0 Å². The summed E-state index contributed by atoms with van der Waals surface area (Å²) >= 11 is 0. The highest BCUT2D eigenvalue weighted by Gasteiger charge is 2.20. The van der Waals surface area contributed by atoms with Crippen LogP contribution in [0.25, 0.3) is 0 Å². The summed E-state index contributed by atoms with van der Waals surface area (Å²) < 4.78 is 17.5. The molecule has 0 aromatic carbocycles. The van der Waals surface area contributed by atoms with Crippen LogP contribution in [0, 0.1) is 5.92 Å². The number of ether oxygens (including phenoxy) is 1. The number of halogens is 3. The molecule has 0 amide bonds. The smallest absolute Gasteiger partial charge is 0.323 e. The third-order valence-corrected chi connectivity index (χ3v) is 2.25. The van der Waals surface area contributed by atoms with E-state index >= 15 is 0 Å². The minimum absolute atomic E-state index is 0. The molecule has 0 fully saturated rings. The average Bonchev–Trinajstić information content (AvgIpc) is 2.16. The lowest BCUT2D eigenvalue weighted by Crippen LogP contribution is -2.43. The van der Waals surface area contributed by atoms with Crippen LogP contribution in [-0.2, 0) is 9.53 Å². The normalized spacial score (nSPS) is 12.4. The topological polar surface area (TPSA) is 52.3 Å². The maximum atomic E-state index is 12.4. The first-order valence-electron chi connectivity index (χ1n) is 5.10. The van der Waals surface area contributed by atoms with E-state index in [1.807, 2.05) is 13.8 Å². The number of nitrogens with zero attached hydrogens (tertiary/aromatic N) is 1. The number of hydrogen-bond donors (Lipinski definition) is 1. The Morgan fingerprint density at radius 1 is 1.35 bits per heavy atom. The first kappa shape index (κ1) is 22.5. The molecule has 0 aromatic heterocycles. The van der Waals surface area contributed by atoms with Crippen LogP contribution in [0.2, 0.25) is 0 Å². The van der Waals surface area contributed by atoms with Crippen molar-refractivity contribution in [2.24, 2.45) is 11.7 Å². The van der Waals surface area contributed by atoms with Crippen LogP contribution in [0.5, 0.6) is 0 Å². The molecule has 0 rings (SSSR count). The van der Waals surface area contributed by atoms with E-state index in [1.54, 1.807) is 14.1 Å². The average molecular weight is 383 g/mol. The molecular weight excluding hydrogens is 359 g/mol. The molecular formula is C10H24Br2FN2O2+. The molecule has 0 saturated carbocycles. The Hall–Kier alpha value is 0.280. The van der Waals surface area contributed by atoms with Crippen molar-refractivity contribution < 1.29 is 18.4 Å². The predicted molar refractivity (Wildman–Crippen MR) is 77.4 cm³/mol. The zero-order valence-corrected chi connectivity index (χ0v) is 14.2. The van der Waals surface area contributed by atoms with E-state index in [0.29, 0.717) is 6.54 Å². The van der Waals surface area contributed by atoms with Gasteiger partial charge in [-0.15, -0.1) is 34.0 Å². The molecule has 0 aromatic rings. The fourth-order valence-electron chi connectivity index (χ4n) is 0.822. The number of hydrogen-bond acceptors (Lipinski definition) is 3. The van der Waals surface area contributed by atoms with Gasteiger partial charge in [0.25, 0.3) is 0 Å². The van der Waals surface area contributed by atoms with Gasteiger partial charge < -0.3 is 10.5 Å². The second-order valence-corrected chi connectivity index (χ2v) is 4.72. The van der Waals surface area contributed by atoms with Crippen molar-refractivity contribution in [1.82, 2.24) is 0 Å². The number of alkyl halides is 1. The predicted octanol–water partition coefficient (Wildman–Crippen LogP) is 1.67. The third-order valence-electron chi connectivity index (χ3n) is 2.25. The number of quaternary nitrogens is 1. The van der Waals surface area contributed by atoms with Gasteiger partial charge in [0.2, 0.25) is 6.80 Å². The standard InChI is InChI=1S/C10H22FN2O2.2BrH/c1-8(2)9(12)10(14)15-6-5-13(3,4)7-11;;/h8-9H,5-7,12H2,1-4H3;2*1H/q+1;;/t9-;;/m0../s1. The maximum Gasteiger partial charge on any atom is 0.323 e. The second-order valence-electron chi connectivity index (χ2n) is 4.72. The molecule has 0 aliphatic rings. The van der Waals surface area contributed by atoms with Gasteiger partial charge in [-0.3, -0.25) is 9.28 Å². The molecule has 106 valence electrons. The van der Waals surface area contributed by atoms with Crippen LogP contribution in [0.4, 0.5) is 4.39 Å². The van der Waals surface area contributed by atoms with Crippen molar-refractivity contribution in [3.8, 4) is 0 Å². The van der Waals surface area contributed by atoms with Gasteiger partial charge in [0.1, 0.15) is 19.2 Å². The van der Waals surface area contributed by atoms with E-state index in [9.17, 15) is 9.18 Å². The summed E-state index contributed by atoms with van der Waals surface area (Å²) in [5.41, 5.74) is 5.59. The lowest BCUT2D eigenvalue weighted by atomic mass is 10.1. The number of nitrogens with two attached hydrogens (primary N) is 1. The van der Waals surface area contributed by atoms with Gasteiger partial charge in [0.05, 0.1) is 14.1 Å². The van der Waals surface area contributed by atoms with Crippen LogP contribution in [0.1, 0.15) is 13.8 Å². The molecule has 0 saturated heterocycles. The molecule has 0 bridgehead atoms. The monoisotopic (exact) mass is 381 g/mol. The number of rotatable bonds is 6. The van der Waals surface area contributed by atoms with Crippen molar-refractivity contribution in [2.45, 2.75) is 19.9 Å². The van der Waals surface area contributed by atoms with E-state index in [-0.39, 0.29) is 51.0 Å². The summed E-state index contributed by atoms with van der Waals surface area (Å²) in [7, 11) is 3.46. The van der Waals surface area contributed by atoms with Crippen LogP contribution in [-0.4, -0.2) is 50.5 Å². The van der Waals surface area contributed by atoms with Gasteiger partial charge >= 0.3 is 5.97 Å². The highest BCUT2D eigenvalue weighted by Crippen LogP contribution is 2.02. The van der Waals surface area contributed by atoms with E-state index in [0.717, 1.165) is 0 Å². The molecule has 4 nitrogen and oxygen atoms in total. The minimum atomic E-state index is -0.592. The summed E-state index contributed by atoms with van der Waals surface area (Å²) in [6.07, 6.45) is 0. The molecule has 2 N–H and O–H groups in total. The fraction of sp³-hybridized carbons (Fsp3) is 0.900. The molecule has 0 radical (unpaired) electrons. The lowest BCUT2D eigenvalue weighted by molar-refractivity contribution is -0.902. The van der Waals surface area contributed by atoms with Crippen LogP contribution in [0.15, 0.2) is 0 Å². The summed E-state index contributed by atoms with van der Waals surface area (Å²) in [5, 5.41) is 0. The Bertz CT molecular complexity index is 216. The van der Waals surface area contributed by atoms with Crippen LogP contribution >= 0.6 is 34.0 Å². The van der Waals surface area contributed by atoms with Gasteiger partial charge in [0.15, 0.2) is 0 Å². The minimum Gasteiger partial charge on any atom is -0.459 e. The van der Waals surface area contributed by atoms with Gasteiger partial charge in [0, 0.05) is 0 Å². The first-order chi connectivity index (χ1) is 6.80. The summed E-state index contributed by atoms with van der Waals surface area (Å²) in [4.78, 5) is 11.3. The lowest BCUT2D eigenvalue weighted by Gasteiger charge is -2.25. The van der Waals surface area contributed by atoms with E-state index in [1.165, 1.54) is 0 Å². The molecule has 17 heavy (non-hydrogen) atoms. The highest BCUT2D eigenvalue weighted by atomic mass is 79.9. The van der Waals surface area contributed by atoms with Crippen LogP contribution < -0.4 is 5.73 Å². The number of carbonyl (C=O) groups is 1. The van der Waals surface area contributed by atoms with Crippen LogP contribution in [0.3, 0.4) is 0 Å². The summed E-state index contributed by atoms with van der Waals surface area (Å²) in [6, 6.07) is -0.592. The number of carbonyl (C=O) groups excluding carboxylic acids is 1. The molecule has 0 aliphatic carbocycles. The maximum absolute atomic E-state index is 12.4. The van der Waals surface area contributed by atoms with Gasteiger partial charge in [-0.25, -0.2) is 0 Å². The van der Waals surface area contributed by atoms with E-state index in [4.69, 9.17) is 10.5 Å².